The summed E-state index contributed by atoms with van der Waals surface area (Å²) < 4.78 is 2.01. The molecular formula is C20H27ClN4O. The monoisotopic (exact) mass is 374 g/mol. The van der Waals surface area contributed by atoms with Crippen molar-refractivity contribution < 1.29 is 4.79 Å². The molecule has 1 amide bonds. The van der Waals surface area contributed by atoms with E-state index in [-0.39, 0.29) is 18.3 Å². The zero-order valence-corrected chi connectivity index (χ0v) is 16.1. The summed E-state index contributed by atoms with van der Waals surface area (Å²) in [7, 11) is 0. The Balaban J connectivity index is 0.00000196. The Morgan fingerprint density at radius 2 is 1.92 bits per heavy atom. The molecule has 3 heterocycles. The zero-order chi connectivity index (χ0) is 17.2. The van der Waals surface area contributed by atoms with E-state index in [1.54, 1.807) is 6.20 Å². The van der Waals surface area contributed by atoms with Crippen molar-refractivity contribution in [1.82, 2.24) is 20.0 Å². The Kier molecular flexibility index (Phi) is 5.99. The van der Waals surface area contributed by atoms with E-state index in [4.69, 9.17) is 0 Å². The molecule has 0 radical (unpaired) electrons. The average Bonchev–Trinajstić information content (AvgIpc) is 3.32. The summed E-state index contributed by atoms with van der Waals surface area (Å²) in [6.45, 7) is 5.84. The number of likely N-dealkylation sites (tertiary alicyclic amines) is 1. The van der Waals surface area contributed by atoms with Gasteiger partial charge in [-0.3, -0.25) is 4.79 Å². The number of halogens is 1. The van der Waals surface area contributed by atoms with Crippen molar-refractivity contribution >= 4 is 18.3 Å². The molecule has 5 nitrogen and oxygen atoms in total. The van der Waals surface area contributed by atoms with Crippen molar-refractivity contribution in [2.75, 3.05) is 26.2 Å². The molecule has 0 unspecified atom stereocenters. The van der Waals surface area contributed by atoms with Crippen LogP contribution in [0.1, 0.15) is 53.2 Å². The van der Waals surface area contributed by atoms with E-state index in [1.165, 1.54) is 5.56 Å². The number of carbonyl (C=O) groups is 1. The molecule has 0 atom stereocenters. The fraction of sp³-hybridized carbons (Fsp3) is 0.500. The van der Waals surface area contributed by atoms with E-state index in [1.807, 2.05) is 9.58 Å². The van der Waals surface area contributed by atoms with Gasteiger partial charge >= 0.3 is 0 Å². The van der Waals surface area contributed by atoms with Crippen LogP contribution >= 0.6 is 12.4 Å². The number of benzene rings is 1. The Morgan fingerprint density at radius 3 is 2.62 bits per heavy atom. The minimum atomic E-state index is 0. The normalized spacial score (nSPS) is 18.0. The molecule has 2 aromatic rings. The minimum absolute atomic E-state index is 0. The predicted octanol–water partition coefficient (Wildman–Crippen LogP) is 3.31. The van der Waals surface area contributed by atoms with Crippen LogP contribution in [-0.2, 0) is 0 Å². The lowest BCUT2D eigenvalue weighted by molar-refractivity contribution is 0.0791. The molecule has 2 fully saturated rings. The lowest BCUT2D eigenvalue weighted by Crippen LogP contribution is -2.31. The van der Waals surface area contributed by atoms with E-state index in [0.29, 0.717) is 5.92 Å². The highest BCUT2D eigenvalue weighted by molar-refractivity contribution is 5.95. The largest absolute Gasteiger partial charge is 0.339 e. The third-order valence-electron chi connectivity index (χ3n) is 5.40. The molecule has 1 aromatic heterocycles. The third-order valence-corrected chi connectivity index (χ3v) is 5.40. The summed E-state index contributed by atoms with van der Waals surface area (Å²) in [5.41, 5.74) is 4.16. The first kappa shape index (κ1) is 18.9. The molecule has 140 valence electrons. The number of aryl methyl sites for hydroxylation is 1. The van der Waals surface area contributed by atoms with Gasteiger partial charge in [-0.1, -0.05) is 12.1 Å². The second kappa shape index (κ2) is 8.23. The SMILES string of the molecule is Cc1cccc(-n2ncc(C(=O)N3CCCC3)c2C2CCNCC2)c1.Cl. The van der Waals surface area contributed by atoms with Crippen molar-refractivity contribution in [2.24, 2.45) is 0 Å². The van der Waals surface area contributed by atoms with Gasteiger partial charge in [0.15, 0.2) is 0 Å². The lowest BCUT2D eigenvalue weighted by Gasteiger charge is -2.25. The quantitative estimate of drug-likeness (QED) is 0.896. The molecule has 1 aromatic carbocycles. The molecular weight excluding hydrogens is 348 g/mol. The highest BCUT2D eigenvalue weighted by Crippen LogP contribution is 2.31. The smallest absolute Gasteiger partial charge is 0.257 e. The van der Waals surface area contributed by atoms with Crippen molar-refractivity contribution in [2.45, 2.75) is 38.5 Å². The Morgan fingerprint density at radius 1 is 1.19 bits per heavy atom. The highest BCUT2D eigenvalue weighted by atomic mass is 35.5. The fourth-order valence-corrected chi connectivity index (χ4v) is 4.07. The van der Waals surface area contributed by atoms with E-state index in [2.05, 4.69) is 41.6 Å². The topological polar surface area (TPSA) is 50.2 Å². The van der Waals surface area contributed by atoms with Gasteiger partial charge in [-0.15, -0.1) is 12.4 Å². The highest BCUT2D eigenvalue weighted by Gasteiger charge is 2.30. The maximum absolute atomic E-state index is 13.1. The molecule has 26 heavy (non-hydrogen) atoms. The number of piperidine rings is 1. The van der Waals surface area contributed by atoms with Gasteiger partial charge in [0.25, 0.3) is 5.91 Å². The summed E-state index contributed by atoms with van der Waals surface area (Å²) in [6, 6.07) is 8.37. The molecule has 0 bridgehead atoms. The van der Waals surface area contributed by atoms with Crippen LogP contribution < -0.4 is 5.32 Å². The van der Waals surface area contributed by atoms with Crippen molar-refractivity contribution in [3.63, 3.8) is 0 Å². The van der Waals surface area contributed by atoms with E-state index in [0.717, 1.165) is 68.8 Å². The number of aromatic nitrogens is 2. The van der Waals surface area contributed by atoms with Gasteiger partial charge in [-0.2, -0.15) is 5.10 Å². The van der Waals surface area contributed by atoms with Gasteiger partial charge in [0, 0.05) is 19.0 Å². The minimum Gasteiger partial charge on any atom is -0.339 e. The second-order valence-corrected chi connectivity index (χ2v) is 7.22. The number of hydrogen-bond donors (Lipinski definition) is 1. The standard InChI is InChI=1S/C20H26N4O.ClH/c1-15-5-4-6-17(13-15)24-19(16-7-9-21-10-8-16)18(14-22-24)20(25)23-11-2-3-12-23;/h4-6,13-14,16,21H,2-3,7-12H2,1H3;1H. The second-order valence-electron chi connectivity index (χ2n) is 7.22. The number of nitrogens with one attached hydrogen (secondary N) is 1. The summed E-state index contributed by atoms with van der Waals surface area (Å²) in [6.07, 6.45) is 6.12. The van der Waals surface area contributed by atoms with Crippen LogP contribution in [-0.4, -0.2) is 46.8 Å². The molecule has 6 heteroatoms. The van der Waals surface area contributed by atoms with Gasteiger partial charge in [0.05, 0.1) is 23.1 Å². The lowest BCUT2D eigenvalue weighted by atomic mass is 9.91. The third kappa shape index (κ3) is 3.64. The first-order chi connectivity index (χ1) is 12.2. The van der Waals surface area contributed by atoms with Crippen LogP contribution in [0.15, 0.2) is 30.5 Å². The van der Waals surface area contributed by atoms with Gasteiger partial charge in [-0.25, -0.2) is 4.68 Å². The molecule has 1 N–H and O–H groups in total. The van der Waals surface area contributed by atoms with Crippen LogP contribution in [0.3, 0.4) is 0 Å². The number of carbonyl (C=O) groups excluding carboxylic acids is 1. The average molecular weight is 375 g/mol. The van der Waals surface area contributed by atoms with Gasteiger partial charge < -0.3 is 10.2 Å². The van der Waals surface area contributed by atoms with Crippen LogP contribution in [0, 0.1) is 6.92 Å². The molecule has 0 saturated carbocycles. The van der Waals surface area contributed by atoms with E-state index in [9.17, 15) is 4.79 Å². The van der Waals surface area contributed by atoms with Crippen molar-refractivity contribution in [1.29, 1.82) is 0 Å². The van der Waals surface area contributed by atoms with Crippen LogP contribution in [0.4, 0.5) is 0 Å². The Bertz CT molecular complexity index is 761. The maximum Gasteiger partial charge on any atom is 0.257 e. The molecule has 0 aliphatic carbocycles. The first-order valence-electron chi connectivity index (χ1n) is 9.39. The Hall–Kier alpha value is -1.85. The summed E-state index contributed by atoms with van der Waals surface area (Å²) >= 11 is 0. The molecule has 2 aliphatic rings. The number of nitrogens with zero attached hydrogens (tertiary/aromatic N) is 3. The van der Waals surface area contributed by atoms with Gasteiger partial charge in [0.2, 0.25) is 0 Å². The molecule has 0 spiro atoms. The van der Waals surface area contributed by atoms with Crippen molar-refractivity contribution in [3.8, 4) is 5.69 Å². The van der Waals surface area contributed by atoms with Crippen LogP contribution in [0.2, 0.25) is 0 Å². The van der Waals surface area contributed by atoms with Gasteiger partial charge in [-0.05, 0) is 63.4 Å². The molecule has 2 aliphatic heterocycles. The summed E-state index contributed by atoms with van der Waals surface area (Å²) in [4.78, 5) is 15.1. The van der Waals surface area contributed by atoms with Crippen LogP contribution in [0.25, 0.3) is 5.69 Å². The number of amides is 1. The van der Waals surface area contributed by atoms with Gasteiger partial charge in [0.1, 0.15) is 0 Å². The van der Waals surface area contributed by atoms with E-state index >= 15 is 0 Å². The molecule has 2 saturated heterocycles. The fourth-order valence-electron chi connectivity index (χ4n) is 4.07. The summed E-state index contributed by atoms with van der Waals surface area (Å²) in [5.74, 6) is 0.538. The summed E-state index contributed by atoms with van der Waals surface area (Å²) in [5, 5.41) is 8.07. The van der Waals surface area contributed by atoms with Crippen molar-refractivity contribution in [3.05, 3.63) is 47.3 Å². The van der Waals surface area contributed by atoms with E-state index < -0.39 is 0 Å². The van der Waals surface area contributed by atoms with Crippen LogP contribution in [0.5, 0.6) is 0 Å². The predicted molar refractivity (Wildman–Crippen MR) is 106 cm³/mol. The Labute approximate surface area is 161 Å². The maximum atomic E-state index is 13.1. The first-order valence-corrected chi connectivity index (χ1v) is 9.39. The number of hydrogen-bond acceptors (Lipinski definition) is 3. The number of rotatable bonds is 3. The zero-order valence-electron chi connectivity index (χ0n) is 15.3. The molecule has 4 rings (SSSR count).